The third-order valence-corrected chi connectivity index (χ3v) is 2.49. The van der Waals surface area contributed by atoms with Crippen molar-refractivity contribution >= 4 is 17.1 Å². The molecule has 0 unspecified atom stereocenters. The maximum absolute atomic E-state index is 11.0. The zero-order valence-electron chi connectivity index (χ0n) is 8.54. The van der Waals surface area contributed by atoms with Gasteiger partial charge in [-0.15, -0.1) is 0 Å². The van der Waals surface area contributed by atoms with Gasteiger partial charge in [-0.3, -0.25) is 5.10 Å². The number of carboxylic acids is 1. The van der Waals surface area contributed by atoms with E-state index in [9.17, 15) is 4.79 Å². The van der Waals surface area contributed by atoms with Crippen LogP contribution in [0.5, 0.6) is 0 Å². The van der Waals surface area contributed by atoms with Gasteiger partial charge in [0.2, 0.25) is 0 Å². The smallest absolute Gasteiger partial charge is 0.339 e. The molecule has 1 aromatic carbocycles. The van der Waals surface area contributed by atoms with Crippen molar-refractivity contribution in [3.63, 3.8) is 0 Å². The van der Waals surface area contributed by atoms with Gasteiger partial charge in [-0.05, 0) is 12.1 Å². The molecule has 0 aliphatic rings. The normalized spacial score (nSPS) is 10.8. The van der Waals surface area contributed by atoms with E-state index in [0.717, 1.165) is 5.52 Å². The second-order valence-corrected chi connectivity index (χ2v) is 3.50. The predicted molar refractivity (Wildman–Crippen MR) is 58.6 cm³/mol. The lowest BCUT2D eigenvalue weighted by Gasteiger charge is -1.99. The second kappa shape index (κ2) is 3.44. The van der Waals surface area contributed by atoms with Gasteiger partial charge in [-0.25, -0.2) is 9.78 Å². The highest BCUT2D eigenvalue weighted by Crippen LogP contribution is 2.24. The molecule has 3 aromatic rings. The van der Waals surface area contributed by atoms with Gasteiger partial charge in [0.25, 0.3) is 0 Å². The lowest BCUT2D eigenvalue weighted by molar-refractivity contribution is 0.0698. The van der Waals surface area contributed by atoms with E-state index in [1.54, 1.807) is 18.2 Å². The number of aromatic carboxylic acids is 1. The Morgan fingerprint density at radius 2 is 2.29 bits per heavy atom. The maximum atomic E-state index is 11.0. The molecule has 0 radical (unpaired) electrons. The quantitative estimate of drug-likeness (QED) is 0.700. The summed E-state index contributed by atoms with van der Waals surface area (Å²) in [4.78, 5) is 15.0. The molecule has 0 atom stereocenters. The number of aromatic nitrogens is 3. The van der Waals surface area contributed by atoms with Crippen LogP contribution < -0.4 is 0 Å². The Hall–Kier alpha value is -2.63. The van der Waals surface area contributed by atoms with Crippen LogP contribution in [-0.4, -0.2) is 26.3 Å². The number of aromatic amines is 1. The molecule has 6 nitrogen and oxygen atoms in total. The van der Waals surface area contributed by atoms with E-state index >= 15 is 0 Å². The minimum Gasteiger partial charge on any atom is -0.478 e. The molecule has 2 aromatic heterocycles. The van der Waals surface area contributed by atoms with Crippen molar-refractivity contribution < 1.29 is 14.3 Å². The molecular weight excluding hydrogens is 222 g/mol. The van der Waals surface area contributed by atoms with Crippen LogP contribution in [0, 0.1) is 0 Å². The molecule has 2 N–H and O–H groups in total. The molecule has 2 heterocycles. The Labute approximate surface area is 94.9 Å². The van der Waals surface area contributed by atoms with Crippen LogP contribution >= 0.6 is 0 Å². The van der Waals surface area contributed by atoms with Crippen molar-refractivity contribution in [3.05, 3.63) is 36.4 Å². The van der Waals surface area contributed by atoms with Gasteiger partial charge in [0, 0.05) is 5.56 Å². The highest BCUT2D eigenvalue weighted by molar-refractivity contribution is 5.95. The van der Waals surface area contributed by atoms with E-state index in [-0.39, 0.29) is 5.56 Å². The predicted octanol–water partition coefficient (Wildman–Crippen LogP) is 1.92. The molecule has 0 saturated heterocycles. The lowest BCUT2D eigenvalue weighted by Crippen LogP contribution is -1.96. The van der Waals surface area contributed by atoms with E-state index in [0.29, 0.717) is 16.8 Å². The highest BCUT2D eigenvalue weighted by atomic mass is 16.4. The molecule has 6 heteroatoms. The number of oxazole rings is 1. The average Bonchev–Trinajstić information content (AvgIpc) is 2.96. The minimum absolute atomic E-state index is 0.129. The number of rotatable bonds is 2. The van der Waals surface area contributed by atoms with Crippen LogP contribution in [0.1, 0.15) is 10.4 Å². The summed E-state index contributed by atoms with van der Waals surface area (Å²) in [6.07, 6.45) is 2.63. The lowest BCUT2D eigenvalue weighted by atomic mass is 10.1. The Bertz CT molecular complexity index is 699. The van der Waals surface area contributed by atoms with Crippen LogP contribution in [0.3, 0.4) is 0 Å². The number of carbonyl (C=O) groups is 1. The first-order chi connectivity index (χ1) is 8.25. The zero-order chi connectivity index (χ0) is 11.8. The summed E-state index contributed by atoms with van der Waals surface area (Å²) in [6.45, 7) is 0. The Morgan fingerprint density at radius 1 is 1.41 bits per heavy atom. The molecule has 3 rings (SSSR count). The summed E-state index contributed by atoms with van der Waals surface area (Å²) >= 11 is 0. The summed E-state index contributed by atoms with van der Waals surface area (Å²) in [5.74, 6) is -1.02. The molecule has 0 amide bonds. The molecule has 84 valence electrons. The van der Waals surface area contributed by atoms with E-state index in [1.807, 2.05) is 0 Å². The van der Waals surface area contributed by atoms with Crippen LogP contribution in [0.2, 0.25) is 0 Å². The first kappa shape index (κ1) is 9.59. The van der Waals surface area contributed by atoms with Crippen LogP contribution in [0.15, 0.2) is 35.2 Å². The molecule has 0 fully saturated rings. The molecule has 17 heavy (non-hydrogen) atoms. The molecule has 0 saturated carbocycles. The van der Waals surface area contributed by atoms with E-state index in [1.165, 1.54) is 12.6 Å². The summed E-state index contributed by atoms with van der Waals surface area (Å²) in [7, 11) is 0. The average molecular weight is 229 g/mol. The molecule has 0 spiro atoms. The van der Waals surface area contributed by atoms with E-state index in [4.69, 9.17) is 9.52 Å². The van der Waals surface area contributed by atoms with Gasteiger partial charge >= 0.3 is 5.97 Å². The maximum Gasteiger partial charge on any atom is 0.339 e. The van der Waals surface area contributed by atoms with Gasteiger partial charge in [0.1, 0.15) is 11.1 Å². The van der Waals surface area contributed by atoms with Gasteiger partial charge in [-0.1, -0.05) is 6.07 Å². The SMILES string of the molecule is O=C(O)c1cn[nH]c1-c1ccc2ncoc2c1. The summed E-state index contributed by atoms with van der Waals surface area (Å²) in [5.41, 5.74) is 2.61. The van der Waals surface area contributed by atoms with Crippen molar-refractivity contribution in [2.75, 3.05) is 0 Å². The Morgan fingerprint density at radius 3 is 3.12 bits per heavy atom. The molecule has 0 bridgehead atoms. The second-order valence-electron chi connectivity index (χ2n) is 3.50. The number of fused-ring (bicyclic) bond motifs is 1. The van der Waals surface area contributed by atoms with E-state index < -0.39 is 5.97 Å². The summed E-state index contributed by atoms with van der Waals surface area (Å²) < 4.78 is 5.16. The monoisotopic (exact) mass is 229 g/mol. The number of benzene rings is 1. The van der Waals surface area contributed by atoms with Gasteiger partial charge < -0.3 is 9.52 Å². The minimum atomic E-state index is -1.02. The largest absolute Gasteiger partial charge is 0.478 e. The van der Waals surface area contributed by atoms with Gasteiger partial charge in [0.15, 0.2) is 12.0 Å². The topological polar surface area (TPSA) is 92.0 Å². The van der Waals surface area contributed by atoms with Crippen LogP contribution in [0.4, 0.5) is 0 Å². The fraction of sp³-hybridized carbons (Fsp3) is 0. The number of hydrogen-bond donors (Lipinski definition) is 2. The number of carboxylic acid groups (broad SMARTS) is 1. The van der Waals surface area contributed by atoms with Crippen molar-refractivity contribution in [1.29, 1.82) is 0 Å². The summed E-state index contributed by atoms with van der Waals surface area (Å²) in [5, 5.41) is 15.4. The zero-order valence-corrected chi connectivity index (χ0v) is 8.54. The first-order valence-corrected chi connectivity index (χ1v) is 4.86. The number of H-pyrrole nitrogens is 1. The number of nitrogens with zero attached hydrogens (tertiary/aromatic N) is 2. The molecule has 0 aliphatic heterocycles. The van der Waals surface area contributed by atoms with Crippen molar-refractivity contribution in [2.24, 2.45) is 0 Å². The van der Waals surface area contributed by atoms with Gasteiger partial charge in [0.05, 0.1) is 11.9 Å². The standard InChI is InChI=1S/C11H7N3O3/c15-11(16)7-4-13-14-10(7)6-1-2-8-9(3-6)17-5-12-8/h1-5H,(H,13,14)(H,15,16). The first-order valence-electron chi connectivity index (χ1n) is 4.86. The molecular formula is C11H7N3O3. The van der Waals surface area contributed by atoms with Crippen molar-refractivity contribution in [1.82, 2.24) is 15.2 Å². The number of hydrogen-bond acceptors (Lipinski definition) is 4. The summed E-state index contributed by atoms with van der Waals surface area (Å²) in [6, 6.07) is 5.26. The van der Waals surface area contributed by atoms with Gasteiger partial charge in [-0.2, -0.15) is 5.10 Å². The van der Waals surface area contributed by atoms with Crippen LogP contribution in [0.25, 0.3) is 22.4 Å². The van der Waals surface area contributed by atoms with Crippen LogP contribution in [-0.2, 0) is 0 Å². The third kappa shape index (κ3) is 1.46. The Balaban J connectivity index is 2.19. The Kier molecular flexibility index (Phi) is 1.94. The molecule has 0 aliphatic carbocycles. The van der Waals surface area contributed by atoms with Crippen molar-refractivity contribution in [2.45, 2.75) is 0 Å². The number of nitrogens with one attached hydrogen (secondary N) is 1. The highest BCUT2D eigenvalue weighted by Gasteiger charge is 2.14. The fourth-order valence-electron chi connectivity index (χ4n) is 1.68. The third-order valence-electron chi connectivity index (χ3n) is 2.49. The fourth-order valence-corrected chi connectivity index (χ4v) is 1.68. The van der Waals surface area contributed by atoms with Crippen molar-refractivity contribution in [3.8, 4) is 11.3 Å². The van der Waals surface area contributed by atoms with E-state index in [2.05, 4.69) is 15.2 Å².